The van der Waals surface area contributed by atoms with Crippen molar-refractivity contribution in [2.45, 2.75) is 0 Å². The number of aromatic nitrogens is 1. The lowest BCUT2D eigenvalue weighted by atomic mass is 9.96. The smallest absolute Gasteiger partial charge is 0.0541 e. The molecule has 12 aromatic rings. The van der Waals surface area contributed by atoms with Crippen LogP contribution in [0.3, 0.4) is 0 Å². The molecule has 0 atom stereocenters. The molecule has 10 aromatic carbocycles. The summed E-state index contributed by atoms with van der Waals surface area (Å²) in [6.45, 7) is 0. The van der Waals surface area contributed by atoms with E-state index in [-0.39, 0.29) is 0 Å². The lowest BCUT2D eigenvalue weighted by Crippen LogP contribution is -2.11. The van der Waals surface area contributed by atoms with Crippen LogP contribution < -0.4 is 4.90 Å². The van der Waals surface area contributed by atoms with Crippen molar-refractivity contribution in [1.82, 2.24) is 4.57 Å². The number of thiophene rings is 1. The van der Waals surface area contributed by atoms with Crippen LogP contribution in [0.2, 0.25) is 0 Å². The highest BCUT2D eigenvalue weighted by Crippen LogP contribution is 2.47. The van der Waals surface area contributed by atoms with E-state index in [4.69, 9.17) is 0 Å². The third-order valence-electron chi connectivity index (χ3n) is 12.2. The molecule has 0 aliphatic carbocycles. The lowest BCUT2D eigenvalue weighted by Gasteiger charge is -2.29. The van der Waals surface area contributed by atoms with Crippen molar-refractivity contribution >= 4 is 81.1 Å². The molecule has 0 amide bonds. The topological polar surface area (TPSA) is 8.17 Å². The summed E-state index contributed by atoms with van der Waals surface area (Å²) in [7, 11) is 0. The summed E-state index contributed by atoms with van der Waals surface area (Å²) in [4.78, 5) is 2.44. The van der Waals surface area contributed by atoms with Crippen molar-refractivity contribution in [3.8, 4) is 39.1 Å². The van der Waals surface area contributed by atoms with Crippen LogP contribution in [-0.2, 0) is 0 Å². The van der Waals surface area contributed by atoms with Crippen LogP contribution >= 0.6 is 11.3 Å². The Bertz CT molecular complexity index is 3550. The molecule has 2 nitrogen and oxygen atoms in total. The van der Waals surface area contributed by atoms with Crippen LogP contribution in [-0.4, -0.2) is 4.57 Å². The summed E-state index contributed by atoms with van der Waals surface area (Å²) in [5.74, 6) is 0. The van der Waals surface area contributed by atoms with Gasteiger partial charge in [0.15, 0.2) is 0 Å². The second-order valence-corrected chi connectivity index (χ2v) is 16.8. The zero-order valence-corrected chi connectivity index (χ0v) is 34.1. The summed E-state index contributed by atoms with van der Waals surface area (Å²) in [5.41, 5.74) is 14.1. The van der Waals surface area contributed by atoms with Gasteiger partial charge in [0.1, 0.15) is 0 Å². The quantitative estimate of drug-likeness (QED) is 0.156. The van der Waals surface area contributed by atoms with E-state index in [0.717, 1.165) is 22.7 Å². The number of hydrogen-bond donors (Lipinski definition) is 0. The van der Waals surface area contributed by atoms with Crippen LogP contribution in [0.4, 0.5) is 17.1 Å². The maximum Gasteiger partial charge on any atom is 0.0541 e. The average molecular weight is 795 g/mol. The third-order valence-corrected chi connectivity index (χ3v) is 13.3. The van der Waals surface area contributed by atoms with E-state index >= 15 is 0 Å². The van der Waals surface area contributed by atoms with E-state index in [1.54, 1.807) is 0 Å². The molecule has 0 aliphatic heterocycles. The molecule has 0 radical (unpaired) electrons. The lowest BCUT2D eigenvalue weighted by molar-refractivity contribution is 1.18. The average Bonchev–Trinajstić information content (AvgIpc) is 3.88. The minimum absolute atomic E-state index is 1.09. The first-order valence-electron chi connectivity index (χ1n) is 20.8. The molecule has 0 N–H and O–H groups in total. The molecule has 2 heterocycles. The molecule has 0 spiro atoms. The highest BCUT2D eigenvalue weighted by atomic mass is 32.1. The first-order chi connectivity index (χ1) is 30.3. The van der Waals surface area contributed by atoms with Gasteiger partial charge >= 0.3 is 0 Å². The van der Waals surface area contributed by atoms with Crippen LogP contribution in [0.25, 0.3) is 91.8 Å². The molecule has 0 aliphatic rings. The summed E-state index contributed by atoms with van der Waals surface area (Å²) < 4.78 is 4.99. The van der Waals surface area contributed by atoms with Crippen molar-refractivity contribution < 1.29 is 0 Å². The van der Waals surface area contributed by atoms with Crippen molar-refractivity contribution in [2.75, 3.05) is 4.90 Å². The largest absolute Gasteiger partial charge is 0.310 e. The fourth-order valence-corrected chi connectivity index (χ4v) is 10.6. The highest BCUT2D eigenvalue weighted by molar-refractivity contribution is 7.25. The third kappa shape index (κ3) is 5.93. The molecule has 286 valence electrons. The van der Waals surface area contributed by atoms with Gasteiger partial charge in [-0.2, -0.15) is 0 Å². The SMILES string of the molecule is c1cc(-c2cccc3ccccc23)cc(N(c2ccc(-c3cccc(-n4c5ccccc5c5ccccc54)c3)cc2)c2ccccc2-c2cccc3sc4ccccc4c23)c1. The monoisotopic (exact) mass is 794 g/mol. The molecule has 0 bridgehead atoms. The Hall–Kier alpha value is -7.72. The predicted octanol–water partition coefficient (Wildman–Crippen LogP) is 16.8. The van der Waals surface area contributed by atoms with Crippen LogP contribution in [0, 0.1) is 0 Å². The minimum Gasteiger partial charge on any atom is -0.310 e. The number of rotatable bonds is 7. The Morgan fingerprint density at radius 1 is 0.344 bits per heavy atom. The maximum atomic E-state index is 2.44. The fraction of sp³-hybridized carbons (Fsp3) is 0. The van der Waals surface area contributed by atoms with Crippen LogP contribution in [0.5, 0.6) is 0 Å². The molecular formula is C58H38N2S. The zero-order valence-electron chi connectivity index (χ0n) is 33.2. The Balaban J connectivity index is 1.02. The maximum absolute atomic E-state index is 2.44. The summed E-state index contributed by atoms with van der Waals surface area (Å²) in [6.07, 6.45) is 0. The molecule has 3 heteroatoms. The molecule has 0 fully saturated rings. The van der Waals surface area contributed by atoms with E-state index in [1.807, 2.05) is 11.3 Å². The van der Waals surface area contributed by atoms with Gasteiger partial charge in [0.05, 0.1) is 16.7 Å². The molecular weight excluding hydrogens is 757 g/mol. The van der Waals surface area contributed by atoms with E-state index < -0.39 is 0 Å². The molecule has 0 unspecified atom stereocenters. The zero-order chi connectivity index (χ0) is 40.3. The minimum atomic E-state index is 1.09. The number of para-hydroxylation sites is 3. The Labute approximate surface area is 358 Å². The van der Waals surface area contributed by atoms with E-state index in [1.165, 1.54) is 86.1 Å². The predicted molar refractivity (Wildman–Crippen MR) is 262 cm³/mol. The Morgan fingerprint density at radius 2 is 0.934 bits per heavy atom. The van der Waals surface area contributed by atoms with Gasteiger partial charge in [-0.3, -0.25) is 0 Å². The first kappa shape index (κ1) is 35.2. The van der Waals surface area contributed by atoms with Gasteiger partial charge < -0.3 is 9.47 Å². The molecule has 0 saturated carbocycles. The second kappa shape index (κ2) is 14.5. The van der Waals surface area contributed by atoms with Crippen molar-refractivity contribution in [3.63, 3.8) is 0 Å². The van der Waals surface area contributed by atoms with E-state index in [2.05, 4.69) is 240 Å². The van der Waals surface area contributed by atoms with Gasteiger partial charge in [0, 0.05) is 53.6 Å². The van der Waals surface area contributed by atoms with Gasteiger partial charge in [-0.25, -0.2) is 0 Å². The molecule has 0 saturated heterocycles. The van der Waals surface area contributed by atoms with Crippen molar-refractivity contribution in [3.05, 3.63) is 231 Å². The molecule has 61 heavy (non-hydrogen) atoms. The number of hydrogen-bond acceptors (Lipinski definition) is 2. The second-order valence-electron chi connectivity index (χ2n) is 15.7. The Morgan fingerprint density at radius 3 is 1.77 bits per heavy atom. The van der Waals surface area contributed by atoms with Crippen LogP contribution in [0.1, 0.15) is 0 Å². The van der Waals surface area contributed by atoms with Crippen molar-refractivity contribution in [2.24, 2.45) is 0 Å². The normalized spacial score (nSPS) is 11.6. The fourth-order valence-electron chi connectivity index (χ4n) is 9.44. The van der Waals surface area contributed by atoms with E-state index in [0.29, 0.717) is 0 Å². The number of fused-ring (bicyclic) bond motifs is 7. The number of nitrogens with zero attached hydrogens (tertiary/aromatic N) is 2. The van der Waals surface area contributed by atoms with Gasteiger partial charge in [0.25, 0.3) is 0 Å². The Kier molecular flexibility index (Phi) is 8.39. The standard InChI is InChI=1S/C58H38N2S/c1-2-21-46-40(15-1)16-13-26-47(46)42-18-12-19-44(38-42)59(53-28-7-5-24-50(53)51-27-14-32-57-58(51)52-25-6-10-31-56(52)61-57)43-35-33-39(34-36-43)41-17-11-20-45(37-41)60-54-29-8-3-22-48(54)49-23-4-9-30-55(49)60/h1-38H. The molecule has 12 rings (SSSR count). The first-order valence-corrected chi connectivity index (χ1v) is 21.7. The van der Waals surface area contributed by atoms with Gasteiger partial charge in [0.2, 0.25) is 0 Å². The number of anilines is 3. The summed E-state index contributed by atoms with van der Waals surface area (Å²) in [5, 5.41) is 7.62. The molecule has 2 aromatic heterocycles. The van der Waals surface area contributed by atoms with Gasteiger partial charge in [-0.1, -0.05) is 164 Å². The summed E-state index contributed by atoms with van der Waals surface area (Å²) >= 11 is 1.86. The van der Waals surface area contributed by atoms with E-state index in [9.17, 15) is 0 Å². The summed E-state index contributed by atoms with van der Waals surface area (Å²) in [6, 6.07) is 84.2. The highest BCUT2D eigenvalue weighted by Gasteiger charge is 2.21. The van der Waals surface area contributed by atoms with Gasteiger partial charge in [-0.15, -0.1) is 11.3 Å². The van der Waals surface area contributed by atoms with Crippen molar-refractivity contribution in [1.29, 1.82) is 0 Å². The van der Waals surface area contributed by atoms with Crippen LogP contribution in [0.15, 0.2) is 231 Å². The van der Waals surface area contributed by atoms with Gasteiger partial charge in [-0.05, 0) is 105 Å². The number of benzene rings is 10.